The maximum absolute atomic E-state index is 13.0. The SMILES string of the molecule is COC(=C1C(=O)N(C(C)=O)c2ccc(C(C)=O)cc21)c1ccc(Cl)c(Cl)c1. The van der Waals surface area contributed by atoms with Gasteiger partial charge in [-0.25, -0.2) is 4.90 Å². The maximum atomic E-state index is 13.0. The first-order chi connectivity index (χ1) is 12.8. The Hall–Kier alpha value is -2.63. The molecule has 0 aliphatic carbocycles. The largest absolute Gasteiger partial charge is 0.495 e. The lowest BCUT2D eigenvalue weighted by molar-refractivity contribution is -0.122. The van der Waals surface area contributed by atoms with Crippen molar-refractivity contribution in [2.24, 2.45) is 0 Å². The van der Waals surface area contributed by atoms with Crippen LogP contribution in [0.4, 0.5) is 5.69 Å². The third-order valence-electron chi connectivity index (χ3n) is 4.26. The first kappa shape index (κ1) is 19.1. The van der Waals surface area contributed by atoms with Crippen LogP contribution in [0.5, 0.6) is 0 Å². The number of ether oxygens (including phenoxy) is 1. The van der Waals surface area contributed by atoms with Crippen LogP contribution in [-0.4, -0.2) is 24.7 Å². The summed E-state index contributed by atoms with van der Waals surface area (Å²) >= 11 is 12.1. The van der Waals surface area contributed by atoms with Crippen molar-refractivity contribution >= 4 is 57.8 Å². The van der Waals surface area contributed by atoms with Crippen molar-refractivity contribution in [3.8, 4) is 0 Å². The second kappa shape index (κ2) is 7.18. The van der Waals surface area contributed by atoms with Crippen molar-refractivity contribution < 1.29 is 19.1 Å². The highest BCUT2D eigenvalue weighted by molar-refractivity contribution is 6.44. The second-order valence-electron chi connectivity index (χ2n) is 5.98. The maximum Gasteiger partial charge on any atom is 0.269 e. The van der Waals surface area contributed by atoms with Gasteiger partial charge in [0, 0.05) is 23.6 Å². The van der Waals surface area contributed by atoms with Crippen LogP contribution in [-0.2, 0) is 14.3 Å². The van der Waals surface area contributed by atoms with Crippen LogP contribution >= 0.6 is 23.2 Å². The predicted octanol–water partition coefficient (Wildman–Crippen LogP) is 4.60. The second-order valence-corrected chi connectivity index (χ2v) is 6.80. The molecule has 0 N–H and O–H groups in total. The Labute approximate surface area is 166 Å². The third kappa shape index (κ3) is 3.24. The number of Topliss-reactive ketones (excluding diaryl/α,β-unsaturated/α-hetero) is 1. The number of nitrogens with zero attached hydrogens (tertiary/aromatic N) is 1. The van der Waals surface area contributed by atoms with Crippen LogP contribution in [0, 0.1) is 0 Å². The molecule has 2 aromatic rings. The van der Waals surface area contributed by atoms with E-state index >= 15 is 0 Å². The predicted molar refractivity (Wildman–Crippen MR) is 105 cm³/mol. The van der Waals surface area contributed by atoms with Crippen LogP contribution in [0.25, 0.3) is 11.3 Å². The Morgan fingerprint density at radius 1 is 0.963 bits per heavy atom. The average Bonchev–Trinajstić information content (AvgIpc) is 2.90. The smallest absolute Gasteiger partial charge is 0.269 e. The summed E-state index contributed by atoms with van der Waals surface area (Å²) in [5, 5.41) is 0.666. The monoisotopic (exact) mass is 403 g/mol. The number of hydrogen-bond donors (Lipinski definition) is 0. The van der Waals surface area contributed by atoms with Gasteiger partial charge < -0.3 is 4.74 Å². The molecule has 0 fully saturated rings. The molecule has 0 spiro atoms. The van der Waals surface area contributed by atoms with Crippen molar-refractivity contribution in [1.82, 2.24) is 0 Å². The topological polar surface area (TPSA) is 63.7 Å². The quantitative estimate of drug-likeness (QED) is 0.426. The summed E-state index contributed by atoms with van der Waals surface area (Å²) in [5.74, 6) is -0.874. The van der Waals surface area contributed by atoms with E-state index < -0.39 is 11.8 Å². The summed E-state index contributed by atoms with van der Waals surface area (Å²) in [6.07, 6.45) is 0. The summed E-state index contributed by atoms with van der Waals surface area (Å²) in [5.41, 5.74) is 1.99. The van der Waals surface area contributed by atoms with E-state index in [1.807, 2.05) is 0 Å². The van der Waals surface area contributed by atoms with Gasteiger partial charge in [0.05, 0.1) is 28.4 Å². The van der Waals surface area contributed by atoms with Crippen molar-refractivity contribution in [1.29, 1.82) is 0 Å². The third-order valence-corrected chi connectivity index (χ3v) is 5.00. The highest BCUT2D eigenvalue weighted by Crippen LogP contribution is 2.42. The lowest BCUT2D eigenvalue weighted by Crippen LogP contribution is -2.31. The minimum Gasteiger partial charge on any atom is -0.495 e. The number of fused-ring (bicyclic) bond motifs is 1. The Morgan fingerprint density at radius 3 is 2.19 bits per heavy atom. The molecule has 138 valence electrons. The Kier molecular flexibility index (Phi) is 5.09. The van der Waals surface area contributed by atoms with E-state index in [-0.39, 0.29) is 17.1 Å². The van der Waals surface area contributed by atoms with Gasteiger partial charge in [-0.2, -0.15) is 0 Å². The molecule has 1 aliphatic heterocycles. The van der Waals surface area contributed by atoms with Crippen molar-refractivity contribution in [3.63, 3.8) is 0 Å². The highest BCUT2D eigenvalue weighted by Gasteiger charge is 2.38. The fourth-order valence-corrected chi connectivity index (χ4v) is 3.32. The zero-order chi connectivity index (χ0) is 19.9. The summed E-state index contributed by atoms with van der Waals surface area (Å²) in [4.78, 5) is 38.0. The molecule has 0 saturated carbocycles. The molecule has 0 atom stereocenters. The van der Waals surface area contributed by atoms with Crippen molar-refractivity contribution in [2.75, 3.05) is 12.0 Å². The van der Waals surface area contributed by atoms with E-state index in [2.05, 4.69) is 0 Å². The first-order valence-electron chi connectivity index (χ1n) is 8.00. The molecule has 2 amide bonds. The van der Waals surface area contributed by atoms with Crippen LogP contribution in [0.1, 0.15) is 35.3 Å². The number of hydrogen-bond acceptors (Lipinski definition) is 4. The molecule has 1 heterocycles. The summed E-state index contributed by atoms with van der Waals surface area (Å²) < 4.78 is 5.51. The summed E-state index contributed by atoms with van der Waals surface area (Å²) in [6, 6.07) is 9.59. The van der Waals surface area contributed by atoms with Crippen LogP contribution in [0.15, 0.2) is 36.4 Å². The van der Waals surface area contributed by atoms with Gasteiger partial charge >= 0.3 is 0 Å². The number of rotatable bonds is 3. The number of halogens is 2. The molecule has 5 nitrogen and oxygen atoms in total. The van der Waals surface area contributed by atoms with E-state index in [4.69, 9.17) is 27.9 Å². The lowest BCUT2D eigenvalue weighted by Gasteiger charge is -2.13. The molecule has 0 saturated heterocycles. The minimum atomic E-state index is -0.527. The molecule has 7 heteroatoms. The number of anilines is 1. The number of methoxy groups -OCH3 is 1. The molecule has 2 aromatic carbocycles. The van der Waals surface area contributed by atoms with Crippen molar-refractivity contribution in [2.45, 2.75) is 13.8 Å². The molecule has 3 rings (SSSR count). The first-order valence-corrected chi connectivity index (χ1v) is 8.76. The van der Waals surface area contributed by atoms with Gasteiger partial charge in [0.15, 0.2) is 5.78 Å². The fraction of sp³-hybridized carbons (Fsp3) is 0.150. The molecule has 0 bridgehead atoms. The van der Waals surface area contributed by atoms with Gasteiger partial charge in [-0.3, -0.25) is 14.4 Å². The number of amides is 2. The number of benzene rings is 2. The summed E-state index contributed by atoms with van der Waals surface area (Å²) in [6.45, 7) is 2.73. The van der Waals surface area contributed by atoms with E-state index in [9.17, 15) is 14.4 Å². The lowest BCUT2D eigenvalue weighted by atomic mass is 9.99. The molecule has 1 aliphatic rings. The fourth-order valence-electron chi connectivity index (χ4n) is 3.02. The van der Waals surface area contributed by atoms with E-state index in [1.54, 1.807) is 36.4 Å². The Balaban J connectivity index is 2.33. The van der Waals surface area contributed by atoms with Gasteiger partial charge in [0.2, 0.25) is 5.91 Å². The molecule has 27 heavy (non-hydrogen) atoms. The number of imide groups is 1. The summed E-state index contributed by atoms with van der Waals surface area (Å²) in [7, 11) is 1.42. The Bertz CT molecular complexity index is 1030. The molecule has 0 unspecified atom stereocenters. The molecular weight excluding hydrogens is 389 g/mol. The van der Waals surface area contributed by atoms with Gasteiger partial charge in [-0.05, 0) is 43.3 Å². The van der Waals surface area contributed by atoms with Crippen LogP contribution in [0.3, 0.4) is 0 Å². The van der Waals surface area contributed by atoms with Gasteiger partial charge in [0.1, 0.15) is 5.76 Å². The molecule has 0 radical (unpaired) electrons. The number of carbonyl (C=O) groups excluding carboxylic acids is 3. The van der Waals surface area contributed by atoms with Gasteiger partial charge in [-0.15, -0.1) is 0 Å². The van der Waals surface area contributed by atoms with Crippen molar-refractivity contribution in [3.05, 3.63) is 63.1 Å². The van der Waals surface area contributed by atoms with Crippen LogP contribution < -0.4 is 4.90 Å². The normalized spacial score (nSPS) is 14.9. The number of ketones is 1. The zero-order valence-electron chi connectivity index (χ0n) is 14.8. The molecule has 0 aromatic heterocycles. The van der Waals surface area contributed by atoms with Gasteiger partial charge in [0.25, 0.3) is 5.91 Å². The average molecular weight is 404 g/mol. The van der Waals surface area contributed by atoms with E-state index in [0.717, 1.165) is 4.90 Å². The minimum absolute atomic E-state index is 0.153. The molecular formula is C20H15Cl2NO4. The standard InChI is InChI=1S/C20H15Cl2NO4/c1-10(24)12-5-7-17-14(8-12)18(20(26)23(17)11(2)25)19(27-3)13-4-6-15(21)16(22)9-13/h4-9H,1-3H3. The zero-order valence-corrected chi connectivity index (χ0v) is 16.3. The van der Waals surface area contributed by atoms with Crippen LogP contribution in [0.2, 0.25) is 10.0 Å². The Morgan fingerprint density at radius 2 is 1.63 bits per heavy atom. The van der Waals surface area contributed by atoms with Gasteiger partial charge in [-0.1, -0.05) is 23.2 Å². The van der Waals surface area contributed by atoms with E-state index in [1.165, 1.54) is 21.0 Å². The van der Waals surface area contributed by atoms with E-state index in [0.29, 0.717) is 32.4 Å². The highest BCUT2D eigenvalue weighted by atomic mass is 35.5. The number of carbonyl (C=O) groups is 3.